The lowest BCUT2D eigenvalue weighted by atomic mass is 10.1. The van der Waals surface area contributed by atoms with Crippen LogP contribution in [0.2, 0.25) is 5.02 Å². The first kappa shape index (κ1) is 15.8. The average molecular weight is 371 g/mol. The van der Waals surface area contributed by atoms with Crippen LogP contribution in [0, 0.1) is 10.1 Å². The lowest BCUT2D eigenvalue weighted by Gasteiger charge is -2.11. The maximum atomic E-state index is 10.6. The van der Waals surface area contributed by atoms with Gasteiger partial charge in [-0.25, -0.2) is 0 Å². The summed E-state index contributed by atoms with van der Waals surface area (Å²) >= 11 is 9.49. The molecule has 6 heteroatoms. The molecule has 0 heterocycles. The highest BCUT2D eigenvalue weighted by atomic mass is 79.9. The largest absolute Gasteiger partial charge is 0.493 e. The zero-order valence-corrected chi connectivity index (χ0v) is 13.4. The van der Waals surface area contributed by atoms with Gasteiger partial charge >= 0.3 is 0 Å². The van der Waals surface area contributed by atoms with Crippen LogP contribution >= 0.6 is 27.5 Å². The Hall–Kier alpha value is -1.59. The van der Waals surface area contributed by atoms with E-state index in [-0.39, 0.29) is 5.69 Å². The fourth-order valence-corrected chi connectivity index (χ4v) is 2.84. The van der Waals surface area contributed by atoms with Gasteiger partial charge in [-0.2, -0.15) is 0 Å². The maximum Gasteiger partial charge on any atom is 0.269 e. The van der Waals surface area contributed by atoms with Crippen molar-refractivity contribution in [3.05, 3.63) is 68.7 Å². The number of hydrogen-bond donors (Lipinski definition) is 0. The van der Waals surface area contributed by atoms with Crippen LogP contribution in [0.1, 0.15) is 11.1 Å². The summed E-state index contributed by atoms with van der Waals surface area (Å²) < 4.78 is 5.74. The maximum absolute atomic E-state index is 10.6. The Kier molecular flexibility index (Phi) is 5.59. The van der Waals surface area contributed by atoms with Gasteiger partial charge in [0.15, 0.2) is 0 Å². The molecule has 0 saturated carbocycles. The number of alkyl halides is 1. The summed E-state index contributed by atoms with van der Waals surface area (Å²) in [7, 11) is 0. The summed E-state index contributed by atoms with van der Waals surface area (Å²) in [5, 5.41) is 11.9. The highest BCUT2D eigenvalue weighted by molar-refractivity contribution is 9.08. The topological polar surface area (TPSA) is 52.4 Å². The first-order chi connectivity index (χ1) is 10.1. The summed E-state index contributed by atoms with van der Waals surface area (Å²) in [5.41, 5.74) is 2.00. The summed E-state index contributed by atoms with van der Waals surface area (Å²) in [4.78, 5) is 10.2. The molecule has 0 bridgehead atoms. The van der Waals surface area contributed by atoms with Crippen LogP contribution in [0.25, 0.3) is 0 Å². The number of nitrogens with zero attached hydrogens (tertiary/aromatic N) is 1. The van der Waals surface area contributed by atoms with Crippen molar-refractivity contribution < 1.29 is 9.66 Å². The van der Waals surface area contributed by atoms with Gasteiger partial charge in [0.05, 0.1) is 11.5 Å². The first-order valence-corrected chi connectivity index (χ1v) is 7.81. The van der Waals surface area contributed by atoms with E-state index in [0.717, 1.165) is 16.9 Å². The van der Waals surface area contributed by atoms with Gasteiger partial charge in [0.2, 0.25) is 0 Å². The van der Waals surface area contributed by atoms with Gasteiger partial charge < -0.3 is 4.74 Å². The molecule has 0 N–H and O–H groups in total. The van der Waals surface area contributed by atoms with Crippen LogP contribution in [0.5, 0.6) is 5.75 Å². The molecule has 2 aromatic carbocycles. The van der Waals surface area contributed by atoms with Crippen LogP contribution in [-0.2, 0) is 11.8 Å². The Labute approximate surface area is 136 Å². The molecule has 4 nitrogen and oxygen atoms in total. The molecule has 0 saturated heterocycles. The lowest BCUT2D eigenvalue weighted by molar-refractivity contribution is -0.384. The van der Waals surface area contributed by atoms with Crippen LogP contribution in [0.15, 0.2) is 42.5 Å². The monoisotopic (exact) mass is 369 g/mol. The van der Waals surface area contributed by atoms with Crippen LogP contribution in [0.3, 0.4) is 0 Å². The Balaban J connectivity index is 1.95. The van der Waals surface area contributed by atoms with E-state index in [1.807, 2.05) is 18.2 Å². The number of ether oxygens (including phenoxy) is 1. The standard InChI is InChI=1S/C15H13BrClNO3/c16-10-13-14(17)2-1-3-15(13)21-9-8-11-4-6-12(7-5-11)18(19)20/h1-7H,8-10H2. The second kappa shape index (κ2) is 7.43. The Bertz CT molecular complexity index is 631. The van der Waals surface area contributed by atoms with Gasteiger partial charge in [0.1, 0.15) is 5.75 Å². The molecule has 0 aliphatic carbocycles. The molecule has 0 unspecified atom stereocenters. The minimum absolute atomic E-state index is 0.0936. The zero-order valence-electron chi connectivity index (χ0n) is 11.1. The minimum Gasteiger partial charge on any atom is -0.493 e. The fraction of sp³-hybridized carbons (Fsp3) is 0.200. The van der Waals surface area contributed by atoms with E-state index in [0.29, 0.717) is 23.4 Å². The van der Waals surface area contributed by atoms with Gasteiger partial charge in [0.25, 0.3) is 5.69 Å². The number of rotatable bonds is 6. The van der Waals surface area contributed by atoms with Crippen LogP contribution < -0.4 is 4.74 Å². The third-order valence-electron chi connectivity index (χ3n) is 3.00. The predicted molar refractivity (Wildman–Crippen MR) is 86.4 cm³/mol. The van der Waals surface area contributed by atoms with Gasteiger partial charge in [-0.05, 0) is 17.7 Å². The minimum atomic E-state index is -0.408. The lowest BCUT2D eigenvalue weighted by Crippen LogP contribution is -2.03. The van der Waals surface area contributed by atoms with Crippen LogP contribution in [-0.4, -0.2) is 11.5 Å². The molecule has 0 aliphatic rings. The molecule has 0 aromatic heterocycles. The zero-order chi connectivity index (χ0) is 15.2. The van der Waals surface area contributed by atoms with Crippen molar-refractivity contribution in [1.29, 1.82) is 0 Å². The van der Waals surface area contributed by atoms with Gasteiger partial charge in [0, 0.05) is 34.5 Å². The van der Waals surface area contributed by atoms with E-state index in [2.05, 4.69) is 15.9 Å². The predicted octanol–water partition coefficient (Wildman–Crippen LogP) is 4.76. The van der Waals surface area contributed by atoms with Crippen molar-refractivity contribution in [2.75, 3.05) is 6.61 Å². The molecule has 21 heavy (non-hydrogen) atoms. The fourth-order valence-electron chi connectivity index (χ4n) is 1.87. The summed E-state index contributed by atoms with van der Waals surface area (Å²) in [6, 6.07) is 12.0. The van der Waals surface area contributed by atoms with E-state index >= 15 is 0 Å². The van der Waals surface area contributed by atoms with Crippen LogP contribution in [0.4, 0.5) is 5.69 Å². The summed E-state index contributed by atoms with van der Waals surface area (Å²) in [5.74, 6) is 0.751. The average Bonchev–Trinajstić information content (AvgIpc) is 2.48. The van der Waals surface area contributed by atoms with Gasteiger partial charge in [-0.1, -0.05) is 45.7 Å². The SMILES string of the molecule is O=[N+]([O-])c1ccc(CCOc2cccc(Cl)c2CBr)cc1. The molecule has 0 fully saturated rings. The molecule has 110 valence electrons. The normalized spacial score (nSPS) is 10.4. The molecule has 2 rings (SSSR count). The third kappa shape index (κ3) is 4.19. The number of hydrogen-bond acceptors (Lipinski definition) is 3. The van der Waals surface area contributed by atoms with Crippen molar-refractivity contribution in [2.24, 2.45) is 0 Å². The van der Waals surface area contributed by atoms with Crippen molar-refractivity contribution in [1.82, 2.24) is 0 Å². The molecular formula is C15H13BrClNO3. The quantitative estimate of drug-likeness (QED) is 0.418. The molecule has 0 amide bonds. The number of nitro benzene ring substituents is 1. The van der Waals surface area contributed by atoms with Crippen molar-refractivity contribution in [3.63, 3.8) is 0 Å². The molecule has 2 aromatic rings. The smallest absolute Gasteiger partial charge is 0.269 e. The molecule has 0 radical (unpaired) electrons. The Morgan fingerprint density at radius 3 is 2.52 bits per heavy atom. The number of nitro groups is 1. The number of non-ortho nitro benzene ring substituents is 1. The number of halogens is 2. The summed E-state index contributed by atoms with van der Waals surface area (Å²) in [6.07, 6.45) is 0.673. The van der Waals surface area contributed by atoms with E-state index in [9.17, 15) is 10.1 Å². The van der Waals surface area contributed by atoms with Crippen molar-refractivity contribution in [2.45, 2.75) is 11.8 Å². The Morgan fingerprint density at radius 2 is 1.90 bits per heavy atom. The van der Waals surface area contributed by atoms with E-state index in [1.54, 1.807) is 12.1 Å². The van der Waals surface area contributed by atoms with E-state index < -0.39 is 4.92 Å². The highest BCUT2D eigenvalue weighted by Gasteiger charge is 2.07. The molecule has 0 atom stereocenters. The van der Waals surface area contributed by atoms with E-state index in [1.165, 1.54) is 12.1 Å². The molecule has 0 spiro atoms. The van der Waals surface area contributed by atoms with Crippen molar-refractivity contribution >= 4 is 33.2 Å². The second-order valence-corrected chi connectivity index (χ2v) is 5.34. The molecule has 0 aliphatic heterocycles. The summed E-state index contributed by atoms with van der Waals surface area (Å²) in [6.45, 7) is 0.484. The molecular weight excluding hydrogens is 358 g/mol. The van der Waals surface area contributed by atoms with E-state index in [4.69, 9.17) is 16.3 Å². The first-order valence-electron chi connectivity index (χ1n) is 6.31. The third-order valence-corrected chi connectivity index (χ3v) is 3.92. The highest BCUT2D eigenvalue weighted by Crippen LogP contribution is 2.28. The Morgan fingerprint density at radius 1 is 1.19 bits per heavy atom. The number of benzene rings is 2. The second-order valence-electron chi connectivity index (χ2n) is 4.37. The van der Waals surface area contributed by atoms with Gasteiger partial charge in [-0.3, -0.25) is 10.1 Å². The van der Waals surface area contributed by atoms with Gasteiger partial charge in [-0.15, -0.1) is 0 Å². The van der Waals surface area contributed by atoms with Crippen molar-refractivity contribution in [3.8, 4) is 5.75 Å².